The first-order valence-electron chi connectivity index (χ1n) is 9.47. The molecule has 2 saturated heterocycles. The number of fused-ring (bicyclic) bond motifs is 1. The van der Waals surface area contributed by atoms with Crippen LogP contribution in [0.25, 0.3) is 10.1 Å². The van der Waals surface area contributed by atoms with Gasteiger partial charge in [0.1, 0.15) is 0 Å². The number of nitrogens with zero attached hydrogens (tertiary/aromatic N) is 3. The Bertz CT molecular complexity index is 849. The normalized spacial score (nSPS) is 22.2. The van der Waals surface area contributed by atoms with E-state index < -0.39 is 10.2 Å². The van der Waals surface area contributed by atoms with Crippen LogP contribution < -0.4 is 0 Å². The van der Waals surface area contributed by atoms with Gasteiger partial charge in [0.15, 0.2) is 0 Å². The summed E-state index contributed by atoms with van der Waals surface area (Å²) in [5, 5.41) is 3.57. The number of piperazine rings is 1. The van der Waals surface area contributed by atoms with Crippen molar-refractivity contribution in [3.8, 4) is 0 Å². The van der Waals surface area contributed by atoms with E-state index in [4.69, 9.17) is 0 Å². The van der Waals surface area contributed by atoms with Crippen LogP contribution in [0.2, 0.25) is 0 Å². The third-order valence-electron chi connectivity index (χ3n) is 5.68. The number of hydrogen-bond donors (Lipinski definition) is 0. The predicted octanol–water partition coefficient (Wildman–Crippen LogP) is 3.00. The molecule has 0 N–H and O–H groups in total. The lowest BCUT2D eigenvalue weighted by Gasteiger charge is -2.38. The smallest absolute Gasteiger partial charge is 0.282 e. The summed E-state index contributed by atoms with van der Waals surface area (Å²) in [7, 11) is -3.29. The van der Waals surface area contributed by atoms with Crippen molar-refractivity contribution in [3.05, 3.63) is 35.2 Å². The van der Waals surface area contributed by atoms with Crippen molar-refractivity contribution in [2.45, 2.75) is 26.3 Å². The van der Waals surface area contributed by atoms with Crippen molar-refractivity contribution in [1.82, 2.24) is 13.5 Å². The molecular weight excluding hydrogens is 366 g/mol. The van der Waals surface area contributed by atoms with E-state index in [2.05, 4.69) is 41.5 Å². The Morgan fingerprint density at radius 2 is 1.65 bits per heavy atom. The first-order chi connectivity index (χ1) is 12.5. The molecule has 7 heteroatoms. The van der Waals surface area contributed by atoms with Gasteiger partial charge in [-0.1, -0.05) is 25.1 Å². The Balaban J connectivity index is 1.36. The Morgan fingerprint density at radius 1 is 1.00 bits per heavy atom. The van der Waals surface area contributed by atoms with Crippen molar-refractivity contribution < 1.29 is 8.42 Å². The van der Waals surface area contributed by atoms with E-state index in [-0.39, 0.29) is 0 Å². The van der Waals surface area contributed by atoms with Crippen molar-refractivity contribution in [1.29, 1.82) is 0 Å². The zero-order chi connectivity index (χ0) is 18.1. The van der Waals surface area contributed by atoms with Crippen molar-refractivity contribution >= 4 is 31.6 Å². The summed E-state index contributed by atoms with van der Waals surface area (Å²) in [6, 6.07) is 8.50. The van der Waals surface area contributed by atoms with Crippen molar-refractivity contribution in [2.75, 3.05) is 39.3 Å². The van der Waals surface area contributed by atoms with Gasteiger partial charge in [0, 0.05) is 50.5 Å². The number of thiophene rings is 1. The SMILES string of the molecule is CC1CCN(S(=O)(=O)N2CCN(Cc3csc4ccccc34)CC2)CC1. The molecule has 2 aliphatic heterocycles. The van der Waals surface area contributed by atoms with Crippen LogP contribution in [-0.2, 0) is 16.8 Å². The van der Waals surface area contributed by atoms with Crippen LogP contribution >= 0.6 is 11.3 Å². The van der Waals surface area contributed by atoms with Gasteiger partial charge in [-0.3, -0.25) is 4.90 Å². The summed E-state index contributed by atoms with van der Waals surface area (Å²) in [6.07, 6.45) is 1.95. The summed E-state index contributed by atoms with van der Waals surface area (Å²) in [6.45, 7) is 7.24. The Labute approximate surface area is 160 Å². The van der Waals surface area contributed by atoms with Gasteiger partial charge in [-0.2, -0.15) is 17.0 Å². The van der Waals surface area contributed by atoms with E-state index in [1.54, 1.807) is 19.9 Å². The molecule has 142 valence electrons. The fraction of sp³-hybridized carbons (Fsp3) is 0.579. The highest BCUT2D eigenvalue weighted by Crippen LogP contribution is 2.27. The van der Waals surface area contributed by atoms with Crippen LogP contribution in [0, 0.1) is 5.92 Å². The average molecular weight is 394 g/mol. The first kappa shape index (κ1) is 18.4. The number of rotatable bonds is 4. The van der Waals surface area contributed by atoms with E-state index >= 15 is 0 Å². The standard InChI is InChI=1S/C19H27N3O2S2/c1-16-6-8-21(9-7-16)26(23,24)22-12-10-20(11-13-22)14-17-15-25-19-5-3-2-4-18(17)19/h2-5,15-16H,6-14H2,1H3. The zero-order valence-electron chi connectivity index (χ0n) is 15.3. The summed E-state index contributed by atoms with van der Waals surface area (Å²) in [4.78, 5) is 2.37. The molecule has 0 spiro atoms. The molecule has 0 aliphatic carbocycles. The Kier molecular flexibility index (Phi) is 5.34. The van der Waals surface area contributed by atoms with E-state index in [9.17, 15) is 8.42 Å². The minimum absolute atomic E-state index is 0.594. The molecule has 2 aliphatic rings. The van der Waals surface area contributed by atoms with Gasteiger partial charge in [0.25, 0.3) is 10.2 Å². The lowest BCUT2D eigenvalue weighted by Crippen LogP contribution is -2.53. The van der Waals surface area contributed by atoms with E-state index in [1.807, 2.05) is 0 Å². The van der Waals surface area contributed by atoms with Crippen LogP contribution in [0.15, 0.2) is 29.6 Å². The number of piperidine rings is 1. The fourth-order valence-corrected chi connectivity index (χ4v) is 6.47. The molecule has 0 atom stereocenters. The van der Waals surface area contributed by atoms with Crippen LogP contribution in [0.5, 0.6) is 0 Å². The lowest BCUT2D eigenvalue weighted by molar-refractivity contribution is 0.171. The van der Waals surface area contributed by atoms with Crippen LogP contribution in [0.4, 0.5) is 0 Å². The van der Waals surface area contributed by atoms with Crippen molar-refractivity contribution in [3.63, 3.8) is 0 Å². The summed E-state index contributed by atoms with van der Waals surface area (Å²) in [5.41, 5.74) is 1.35. The van der Waals surface area contributed by atoms with Gasteiger partial charge in [-0.15, -0.1) is 11.3 Å². The maximum atomic E-state index is 12.9. The maximum absolute atomic E-state index is 12.9. The maximum Gasteiger partial charge on any atom is 0.282 e. The minimum Gasteiger partial charge on any atom is -0.296 e. The second kappa shape index (κ2) is 7.56. The van der Waals surface area contributed by atoms with Crippen LogP contribution in [-0.4, -0.2) is 61.2 Å². The molecule has 3 heterocycles. The molecule has 0 radical (unpaired) electrons. The minimum atomic E-state index is -3.29. The van der Waals surface area contributed by atoms with Crippen LogP contribution in [0.1, 0.15) is 25.3 Å². The summed E-state index contributed by atoms with van der Waals surface area (Å²) in [5.74, 6) is 0.638. The van der Waals surface area contributed by atoms with E-state index in [0.29, 0.717) is 32.1 Å². The van der Waals surface area contributed by atoms with Crippen LogP contribution in [0.3, 0.4) is 0 Å². The summed E-state index contributed by atoms with van der Waals surface area (Å²) < 4.78 is 30.5. The monoisotopic (exact) mass is 393 g/mol. The molecule has 1 aromatic carbocycles. The van der Waals surface area contributed by atoms with Gasteiger partial charge in [0.05, 0.1) is 0 Å². The highest BCUT2D eigenvalue weighted by Gasteiger charge is 2.34. The average Bonchev–Trinajstić information content (AvgIpc) is 3.06. The van der Waals surface area contributed by atoms with E-state index in [1.165, 1.54) is 15.6 Å². The molecule has 2 aromatic rings. The molecule has 0 amide bonds. The molecule has 0 bridgehead atoms. The molecule has 1 aromatic heterocycles. The number of hydrogen-bond acceptors (Lipinski definition) is 4. The predicted molar refractivity (Wildman–Crippen MR) is 108 cm³/mol. The van der Waals surface area contributed by atoms with Crippen molar-refractivity contribution in [2.24, 2.45) is 5.92 Å². The number of benzene rings is 1. The quantitative estimate of drug-likeness (QED) is 0.802. The third kappa shape index (κ3) is 3.68. The molecule has 5 nitrogen and oxygen atoms in total. The Morgan fingerprint density at radius 3 is 2.38 bits per heavy atom. The fourth-order valence-electron chi connectivity index (χ4n) is 3.89. The highest BCUT2D eigenvalue weighted by atomic mass is 32.2. The Hall–Kier alpha value is -0.990. The van der Waals surface area contributed by atoms with Gasteiger partial charge in [-0.05, 0) is 41.2 Å². The van der Waals surface area contributed by atoms with E-state index in [0.717, 1.165) is 32.5 Å². The zero-order valence-corrected chi connectivity index (χ0v) is 16.9. The van der Waals surface area contributed by atoms with Gasteiger partial charge in [0.2, 0.25) is 0 Å². The highest BCUT2D eigenvalue weighted by molar-refractivity contribution is 7.86. The molecule has 4 rings (SSSR count). The van der Waals surface area contributed by atoms with Gasteiger partial charge < -0.3 is 0 Å². The lowest BCUT2D eigenvalue weighted by atomic mass is 10.0. The largest absolute Gasteiger partial charge is 0.296 e. The summed E-state index contributed by atoms with van der Waals surface area (Å²) >= 11 is 1.79. The topological polar surface area (TPSA) is 43.9 Å². The molecule has 26 heavy (non-hydrogen) atoms. The molecule has 0 unspecified atom stereocenters. The molecule has 0 saturated carbocycles. The second-order valence-electron chi connectivity index (χ2n) is 7.52. The van der Waals surface area contributed by atoms with Gasteiger partial charge in [-0.25, -0.2) is 0 Å². The molecular formula is C19H27N3O2S2. The molecule has 2 fully saturated rings. The van der Waals surface area contributed by atoms with Gasteiger partial charge >= 0.3 is 0 Å². The third-order valence-corrected chi connectivity index (χ3v) is 8.73. The first-order valence-corrected chi connectivity index (χ1v) is 11.7. The second-order valence-corrected chi connectivity index (χ2v) is 10.4.